The fourth-order valence-electron chi connectivity index (χ4n) is 2.29. The number of hydrogen-bond acceptors (Lipinski definition) is 3. The topological polar surface area (TPSA) is 67.1 Å². The van der Waals surface area contributed by atoms with E-state index in [9.17, 15) is 4.79 Å². The molecule has 0 atom stereocenters. The van der Waals surface area contributed by atoms with Crippen LogP contribution in [0.5, 0.6) is 0 Å². The first-order valence-corrected chi connectivity index (χ1v) is 5.31. The van der Waals surface area contributed by atoms with Crippen LogP contribution in [-0.4, -0.2) is 20.9 Å². The van der Waals surface area contributed by atoms with Gasteiger partial charge in [0.2, 0.25) is 0 Å². The monoisotopic (exact) mass is 207 g/mol. The van der Waals surface area contributed by atoms with Crippen molar-refractivity contribution < 1.29 is 9.90 Å². The molecule has 1 fully saturated rings. The van der Waals surface area contributed by atoms with Crippen molar-refractivity contribution in [2.24, 2.45) is 0 Å². The van der Waals surface area contributed by atoms with Crippen molar-refractivity contribution in [3.05, 3.63) is 17.0 Å². The molecule has 0 radical (unpaired) electrons. The summed E-state index contributed by atoms with van der Waals surface area (Å²) in [5.74, 6) is -0.909. The lowest BCUT2D eigenvalue weighted by atomic mass is 9.93. The summed E-state index contributed by atoms with van der Waals surface area (Å²) in [4.78, 5) is 11.0. The van der Waals surface area contributed by atoms with E-state index >= 15 is 0 Å². The third kappa shape index (κ3) is 1.19. The molecule has 1 aliphatic heterocycles. The molecule has 0 amide bonds. The Balaban J connectivity index is 2.07. The van der Waals surface area contributed by atoms with Crippen LogP contribution >= 0.6 is 0 Å². The highest BCUT2D eigenvalue weighted by molar-refractivity contribution is 5.87. The van der Waals surface area contributed by atoms with Crippen LogP contribution in [0.15, 0.2) is 0 Å². The molecule has 5 nitrogen and oxygen atoms in total. The molecule has 3 rings (SSSR count). The molecule has 2 aliphatic rings. The van der Waals surface area contributed by atoms with Crippen molar-refractivity contribution in [1.29, 1.82) is 0 Å². The highest BCUT2D eigenvalue weighted by atomic mass is 16.4. The van der Waals surface area contributed by atoms with Crippen molar-refractivity contribution in [3.8, 4) is 0 Å². The number of aromatic carboxylic acids is 1. The summed E-state index contributed by atoms with van der Waals surface area (Å²) in [6.07, 6.45) is 3.50. The molecule has 2 N–H and O–H groups in total. The molecular formula is C10H13N3O2. The van der Waals surface area contributed by atoms with Crippen molar-refractivity contribution >= 4 is 5.97 Å². The molecule has 0 aromatic carbocycles. The second kappa shape index (κ2) is 3.06. The minimum Gasteiger partial charge on any atom is -0.476 e. The summed E-state index contributed by atoms with van der Waals surface area (Å²) in [6.45, 7) is 1.40. The SMILES string of the molecule is O=C(O)c1nn(C2CCC2)c2c1CNC2. The molecule has 0 bridgehead atoms. The van der Waals surface area contributed by atoms with Gasteiger partial charge in [-0.3, -0.25) is 4.68 Å². The zero-order chi connectivity index (χ0) is 10.4. The number of hydrogen-bond donors (Lipinski definition) is 2. The van der Waals surface area contributed by atoms with Crippen LogP contribution in [0.1, 0.15) is 47.1 Å². The van der Waals surface area contributed by atoms with Gasteiger partial charge in [-0.05, 0) is 19.3 Å². The van der Waals surface area contributed by atoms with Crippen LogP contribution in [0.3, 0.4) is 0 Å². The molecule has 15 heavy (non-hydrogen) atoms. The van der Waals surface area contributed by atoms with E-state index in [1.807, 2.05) is 4.68 Å². The first kappa shape index (κ1) is 8.91. The van der Waals surface area contributed by atoms with Gasteiger partial charge in [-0.15, -0.1) is 0 Å². The maximum atomic E-state index is 11.0. The van der Waals surface area contributed by atoms with E-state index in [1.54, 1.807) is 0 Å². The third-order valence-corrected chi connectivity index (χ3v) is 3.34. The maximum Gasteiger partial charge on any atom is 0.356 e. The molecule has 2 heterocycles. The number of fused-ring (bicyclic) bond motifs is 1. The van der Waals surface area contributed by atoms with E-state index < -0.39 is 5.97 Å². The standard InChI is InChI=1S/C10H13N3O2/c14-10(15)9-7-4-11-5-8(7)13(12-9)6-2-1-3-6/h6,11H,1-5H2,(H,14,15). The predicted octanol–water partition coefficient (Wildman–Crippen LogP) is 0.909. The molecule has 5 heteroatoms. The molecule has 80 valence electrons. The molecular weight excluding hydrogens is 194 g/mol. The van der Waals surface area contributed by atoms with Gasteiger partial charge < -0.3 is 10.4 Å². The number of carboxylic acid groups (broad SMARTS) is 1. The smallest absolute Gasteiger partial charge is 0.356 e. The predicted molar refractivity (Wildman–Crippen MR) is 52.6 cm³/mol. The van der Waals surface area contributed by atoms with Crippen molar-refractivity contribution in [2.75, 3.05) is 0 Å². The molecule has 0 unspecified atom stereocenters. The van der Waals surface area contributed by atoms with Gasteiger partial charge in [-0.2, -0.15) is 5.10 Å². The van der Waals surface area contributed by atoms with Gasteiger partial charge in [0.15, 0.2) is 5.69 Å². The highest BCUT2D eigenvalue weighted by Crippen LogP contribution is 2.34. The Morgan fingerprint density at radius 3 is 2.87 bits per heavy atom. The van der Waals surface area contributed by atoms with Crippen molar-refractivity contribution in [2.45, 2.75) is 38.4 Å². The van der Waals surface area contributed by atoms with E-state index in [1.165, 1.54) is 6.42 Å². The molecule has 0 spiro atoms. The number of carboxylic acids is 1. The van der Waals surface area contributed by atoms with Gasteiger partial charge in [0.25, 0.3) is 0 Å². The summed E-state index contributed by atoms with van der Waals surface area (Å²) in [6, 6.07) is 0.437. The van der Waals surface area contributed by atoms with E-state index in [-0.39, 0.29) is 5.69 Å². The fourth-order valence-corrected chi connectivity index (χ4v) is 2.29. The zero-order valence-corrected chi connectivity index (χ0v) is 8.36. The Labute approximate surface area is 87.1 Å². The quantitative estimate of drug-likeness (QED) is 0.756. The Bertz CT molecular complexity index is 421. The number of carbonyl (C=O) groups is 1. The number of rotatable bonds is 2. The Hall–Kier alpha value is -1.36. The maximum absolute atomic E-state index is 11.0. The van der Waals surface area contributed by atoms with E-state index in [2.05, 4.69) is 10.4 Å². The van der Waals surface area contributed by atoms with Gasteiger partial charge in [-0.25, -0.2) is 4.79 Å². The summed E-state index contributed by atoms with van der Waals surface area (Å²) in [5.41, 5.74) is 2.20. The van der Waals surface area contributed by atoms with Crippen LogP contribution in [-0.2, 0) is 13.1 Å². The fraction of sp³-hybridized carbons (Fsp3) is 0.600. The Morgan fingerprint density at radius 2 is 2.27 bits per heavy atom. The van der Waals surface area contributed by atoms with E-state index in [4.69, 9.17) is 5.11 Å². The van der Waals surface area contributed by atoms with Gasteiger partial charge in [0, 0.05) is 18.7 Å². The third-order valence-electron chi connectivity index (χ3n) is 3.34. The average molecular weight is 207 g/mol. The summed E-state index contributed by atoms with van der Waals surface area (Å²) < 4.78 is 1.93. The average Bonchev–Trinajstić information content (AvgIpc) is 2.63. The molecule has 1 aromatic heterocycles. The first-order valence-electron chi connectivity index (χ1n) is 5.31. The van der Waals surface area contributed by atoms with Crippen LogP contribution < -0.4 is 5.32 Å². The lowest BCUT2D eigenvalue weighted by Crippen LogP contribution is -2.21. The van der Waals surface area contributed by atoms with Crippen LogP contribution in [0.4, 0.5) is 0 Å². The largest absolute Gasteiger partial charge is 0.476 e. The second-order valence-corrected chi connectivity index (χ2v) is 4.21. The molecule has 0 saturated heterocycles. The van der Waals surface area contributed by atoms with Gasteiger partial charge >= 0.3 is 5.97 Å². The van der Waals surface area contributed by atoms with E-state index in [0.29, 0.717) is 12.6 Å². The molecule has 1 saturated carbocycles. The summed E-state index contributed by atoms with van der Waals surface area (Å²) >= 11 is 0. The Morgan fingerprint density at radius 1 is 1.47 bits per heavy atom. The van der Waals surface area contributed by atoms with E-state index in [0.717, 1.165) is 30.6 Å². The lowest BCUT2D eigenvalue weighted by Gasteiger charge is -2.27. The number of aromatic nitrogens is 2. The minimum absolute atomic E-state index is 0.238. The number of nitrogens with zero attached hydrogens (tertiary/aromatic N) is 2. The first-order chi connectivity index (χ1) is 7.27. The number of nitrogens with one attached hydrogen (secondary N) is 1. The summed E-state index contributed by atoms with van der Waals surface area (Å²) in [5, 5.41) is 16.4. The van der Waals surface area contributed by atoms with Crippen LogP contribution in [0.25, 0.3) is 0 Å². The highest BCUT2D eigenvalue weighted by Gasteiger charge is 2.30. The summed E-state index contributed by atoms with van der Waals surface area (Å²) in [7, 11) is 0. The van der Waals surface area contributed by atoms with Crippen molar-refractivity contribution in [3.63, 3.8) is 0 Å². The normalized spacial score (nSPS) is 20.0. The van der Waals surface area contributed by atoms with Crippen LogP contribution in [0.2, 0.25) is 0 Å². The van der Waals surface area contributed by atoms with Crippen molar-refractivity contribution in [1.82, 2.24) is 15.1 Å². The zero-order valence-electron chi connectivity index (χ0n) is 8.36. The van der Waals surface area contributed by atoms with Crippen LogP contribution in [0, 0.1) is 0 Å². The van der Waals surface area contributed by atoms with Gasteiger partial charge in [-0.1, -0.05) is 0 Å². The second-order valence-electron chi connectivity index (χ2n) is 4.21. The lowest BCUT2D eigenvalue weighted by molar-refractivity contribution is 0.0687. The Kier molecular flexibility index (Phi) is 1.82. The van der Waals surface area contributed by atoms with Gasteiger partial charge in [0.1, 0.15) is 0 Å². The minimum atomic E-state index is -0.909. The molecule has 1 aliphatic carbocycles. The van der Waals surface area contributed by atoms with Gasteiger partial charge in [0.05, 0.1) is 11.7 Å². The molecule has 1 aromatic rings.